The smallest absolute Gasteiger partial charge is 0.290 e. The third-order valence-corrected chi connectivity index (χ3v) is 4.32. The standard InChI is InChI=1S/C17H23N5O.CH2O2/c1-21(11-14-4-2-7-18-10-14)13-17(23)22-9-3-5-15(12-22)16-6-8-19-20-16;2-1-3/h2,4,6-8,10,15H,3,5,9,11-13H2,1H3,(H,19,20);1H,(H,2,3). The molecule has 8 heteroatoms. The van der Waals surface area contributed by atoms with Gasteiger partial charge in [-0.25, -0.2) is 0 Å². The fourth-order valence-electron chi connectivity index (χ4n) is 3.14. The van der Waals surface area contributed by atoms with Crippen LogP contribution in [0.4, 0.5) is 0 Å². The number of aromatic nitrogens is 3. The van der Waals surface area contributed by atoms with Gasteiger partial charge in [0.15, 0.2) is 0 Å². The van der Waals surface area contributed by atoms with E-state index in [1.165, 1.54) is 0 Å². The van der Waals surface area contributed by atoms with Gasteiger partial charge in [-0.1, -0.05) is 6.07 Å². The van der Waals surface area contributed by atoms with Crippen molar-refractivity contribution in [2.75, 3.05) is 26.7 Å². The second-order valence-electron chi connectivity index (χ2n) is 6.33. The second kappa shape index (κ2) is 10.3. The SMILES string of the molecule is CN(CC(=O)N1CCCC(c2ccn[nH]2)C1)Cc1cccnc1.O=CO. The number of carboxylic acid groups (broad SMARTS) is 1. The first-order chi connectivity index (χ1) is 12.6. The number of amides is 1. The van der Waals surface area contributed by atoms with Crippen molar-refractivity contribution in [3.8, 4) is 0 Å². The van der Waals surface area contributed by atoms with Crippen LogP contribution in [0.2, 0.25) is 0 Å². The van der Waals surface area contributed by atoms with Gasteiger partial charge in [-0.3, -0.25) is 24.6 Å². The molecule has 140 valence electrons. The molecule has 1 aliphatic heterocycles. The highest BCUT2D eigenvalue weighted by atomic mass is 16.3. The normalized spacial score (nSPS) is 16.7. The summed E-state index contributed by atoms with van der Waals surface area (Å²) in [5, 5.41) is 13.9. The number of hydrogen-bond donors (Lipinski definition) is 2. The number of aromatic amines is 1. The summed E-state index contributed by atoms with van der Waals surface area (Å²) in [5.74, 6) is 0.569. The fourth-order valence-corrected chi connectivity index (χ4v) is 3.14. The molecule has 0 saturated carbocycles. The van der Waals surface area contributed by atoms with Crippen molar-refractivity contribution < 1.29 is 14.7 Å². The first-order valence-electron chi connectivity index (χ1n) is 8.56. The van der Waals surface area contributed by atoms with E-state index in [-0.39, 0.29) is 12.4 Å². The van der Waals surface area contributed by atoms with Gasteiger partial charge in [0.25, 0.3) is 6.47 Å². The van der Waals surface area contributed by atoms with Gasteiger partial charge in [0.2, 0.25) is 5.91 Å². The average molecular weight is 359 g/mol. The molecule has 2 aromatic rings. The van der Waals surface area contributed by atoms with E-state index in [9.17, 15) is 4.79 Å². The Hall–Kier alpha value is -2.74. The predicted octanol–water partition coefficient (Wildman–Crippen LogP) is 1.34. The van der Waals surface area contributed by atoms with Gasteiger partial charge < -0.3 is 10.0 Å². The number of nitrogens with zero attached hydrogens (tertiary/aromatic N) is 4. The fraction of sp³-hybridized carbons (Fsp3) is 0.444. The zero-order valence-electron chi connectivity index (χ0n) is 14.9. The Labute approximate surface area is 152 Å². The minimum atomic E-state index is -0.250. The molecule has 3 heterocycles. The van der Waals surface area contributed by atoms with Crippen LogP contribution in [0.15, 0.2) is 36.8 Å². The molecule has 0 radical (unpaired) electrons. The maximum absolute atomic E-state index is 12.6. The molecule has 8 nitrogen and oxygen atoms in total. The molecule has 2 aromatic heterocycles. The molecule has 1 amide bonds. The number of likely N-dealkylation sites (N-methyl/N-ethyl adjacent to an activating group) is 1. The minimum Gasteiger partial charge on any atom is -0.483 e. The van der Waals surface area contributed by atoms with Crippen molar-refractivity contribution in [3.05, 3.63) is 48.0 Å². The van der Waals surface area contributed by atoms with Crippen LogP contribution in [0.1, 0.15) is 30.0 Å². The average Bonchev–Trinajstić information content (AvgIpc) is 3.18. The Balaban J connectivity index is 0.000000758. The van der Waals surface area contributed by atoms with Crippen LogP contribution < -0.4 is 0 Å². The zero-order chi connectivity index (χ0) is 18.8. The van der Waals surface area contributed by atoms with E-state index < -0.39 is 0 Å². The Kier molecular flexibility index (Phi) is 7.75. The second-order valence-corrected chi connectivity index (χ2v) is 6.33. The maximum Gasteiger partial charge on any atom is 0.290 e. The number of carbonyl (C=O) groups excluding carboxylic acids is 1. The number of piperidine rings is 1. The van der Waals surface area contributed by atoms with Crippen LogP contribution in [-0.4, -0.2) is 69.1 Å². The van der Waals surface area contributed by atoms with Crippen LogP contribution in [0, 0.1) is 0 Å². The lowest BCUT2D eigenvalue weighted by Crippen LogP contribution is -2.43. The molecule has 1 aliphatic rings. The van der Waals surface area contributed by atoms with Gasteiger partial charge in [-0.2, -0.15) is 5.10 Å². The number of pyridine rings is 1. The number of hydrogen-bond acceptors (Lipinski definition) is 5. The van der Waals surface area contributed by atoms with E-state index >= 15 is 0 Å². The third-order valence-electron chi connectivity index (χ3n) is 4.32. The van der Waals surface area contributed by atoms with Crippen molar-refractivity contribution in [2.24, 2.45) is 0 Å². The van der Waals surface area contributed by atoms with Gasteiger partial charge in [0, 0.05) is 49.8 Å². The van der Waals surface area contributed by atoms with Crippen LogP contribution >= 0.6 is 0 Å². The van der Waals surface area contributed by atoms with Crippen LogP contribution in [0.3, 0.4) is 0 Å². The van der Waals surface area contributed by atoms with E-state index in [4.69, 9.17) is 9.90 Å². The summed E-state index contributed by atoms with van der Waals surface area (Å²) in [6.07, 6.45) is 7.53. The molecule has 0 bridgehead atoms. The molecule has 1 unspecified atom stereocenters. The van der Waals surface area contributed by atoms with Gasteiger partial charge >= 0.3 is 0 Å². The molecule has 1 atom stereocenters. The van der Waals surface area contributed by atoms with E-state index in [0.29, 0.717) is 12.5 Å². The van der Waals surface area contributed by atoms with Crippen molar-refractivity contribution in [2.45, 2.75) is 25.3 Å². The monoisotopic (exact) mass is 359 g/mol. The molecule has 1 fully saturated rings. The maximum atomic E-state index is 12.6. The lowest BCUT2D eigenvalue weighted by molar-refractivity contribution is -0.133. The number of likely N-dealkylation sites (tertiary alicyclic amines) is 1. The third kappa shape index (κ3) is 5.96. The largest absolute Gasteiger partial charge is 0.483 e. The molecule has 0 aromatic carbocycles. The highest BCUT2D eigenvalue weighted by Gasteiger charge is 2.25. The van der Waals surface area contributed by atoms with Gasteiger partial charge in [0.1, 0.15) is 0 Å². The Bertz CT molecular complexity index is 663. The molecular formula is C18H25N5O3. The van der Waals surface area contributed by atoms with Crippen molar-refractivity contribution in [3.63, 3.8) is 0 Å². The molecule has 0 spiro atoms. The van der Waals surface area contributed by atoms with Crippen molar-refractivity contribution in [1.82, 2.24) is 25.0 Å². The van der Waals surface area contributed by atoms with Crippen molar-refractivity contribution >= 4 is 12.4 Å². The molecular weight excluding hydrogens is 334 g/mol. The number of carbonyl (C=O) groups is 2. The number of H-pyrrole nitrogens is 1. The summed E-state index contributed by atoms with van der Waals surface area (Å²) in [4.78, 5) is 29.1. The lowest BCUT2D eigenvalue weighted by atomic mass is 9.95. The quantitative estimate of drug-likeness (QED) is 0.781. The van der Waals surface area contributed by atoms with E-state index in [2.05, 4.69) is 15.2 Å². The summed E-state index contributed by atoms with van der Waals surface area (Å²) in [6, 6.07) is 5.96. The van der Waals surface area contributed by atoms with Gasteiger partial charge in [-0.05, 0) is 37.6 Å². The Morgan fingerprint density at radius 2 is 2.27 bits per heavy atom. The molecule has 26 heavy (non-hydrogen) atoms. The van der Waals surface area contributed by atoms with Gasteiger partial charge in [-0.15, -0.1) is 0 Å². The molecule has 0 aliphatic carbocycles. The topological polar surface area (TPSA) is 102 Å². The van der Waals surface area contributed by atoms with E-state index in [1.54, 1.807) is 12.4 Å². The lowest BCUT2D eigenvalue weighted by Gasteiger charge is -2.33. The Morgan fingerprint density at radius 1 is 1.46 bits per heavy atom. The first kappa shape index (κ1) is 19.6. The van der Waals surface area contributed by atoms with Gasteiger partial charge in [0.05, 0.1) is 6.54 Å². The first-order valence-corrected chi connectivity index (χ1v) is 8.56. The number of nitrogens with one attached hydrogen (secondary N) is 1. The van der Waals surface area contributed by atoms with Crippen molar-refractivity contribution in [1.29, 1.82) is 0 Å². The number of rotatable bonds is 5. The summed E-state index contributed by atoms with van der Waals surface area (Å²) in [5.41, 5.74) is 2.25. The molecule has 1 saturated heterocycles. The van der Waals surface area contributed by atoms with Crippen LogP contribution in [-0.2, 0) is 16.1 Å². The summed E-state index contributed by atoms with van der Waals surface area (Å²) < 4.78 is 0. The van der Waals surface area contributed by atoms with E-state index in [0.717, 1.165) is 43.7 Å². The highest BCUT2D eigenvalue weighted by molar-refractivity contribution is 5.78. The Morgan fingerprint density at radius 3 is 2.92 bits per heavy atom. The van der Waals surface area contributed by atoms with Crippen LogP contribution in [0.25, 0.3) is 0 Å². The predicted molar refractivity (Wildman–Crippen MR) is 96.4 cm³/mol. The molecule has 2 N–H and O–H groups in total. The highest BCUT2D eigenvalue weighted by Crippen LogP contribution is 2.25. The minimum absolute atomic E-state index is 0.195. The van der Waals surface area contributed by atoms with E-state index in [1.807, 2.05) is 41.2 Å². The van der Waals surface area contributed by atoms with Crippen LogP contribution in [0.5, 0.6) is 0 Å². The summed E-state index contributed by atoms with van der Waals surface area (Å²) in [7, 11) is 1.97. The molecule has 3 rings (SSSR count). The summed E-state index contributed by atoms with van der Waals surface area (Å²) >= 11 is 0. The zero-order valence-corrected chi connectivity index (χ0v) is 14.9. The summed E-state index contributed by atoms with van der Waals surface area (Å²) in [6.45, 7) is 2.55.